The van der Waals surface area contributed by atoms with E-state index in [0.717, 1.165) is 0 Å². The van der Waals surface area contributed by atoms with E-state index in [4.69, 9.17) is 18.0 Å². The molecule has 0 bridgehead atoms. The van der Waals surface area contributed by atoms with E-state index < -0.39 is 8.80 Å². The summed E-state index contributed by atoms with van der Waals surface area (Å²) < 4.78 is 22.0. The summed E-state index contributed by atoms with van der Waals surface area (Å²) in [5.41, 5.74) is 1.20. The molecule has 0 aliphatic carbocycles. The van der Waals surface area contributed by atoms with Gasteiger partial charge in [0.05, 0.1) is 12.2 Å². The molecule has 0 aliphatic heterocycles. The van der Waals surface area contributed by atoms with Crippen LogP contribution in [0.25, 0.3) is 0 Å². The van der Waals surface area contributed by atoms with Gasteiger partial charge in [-0.25, -0.2) is 0 Å². The minimum Gasteiger partial charge on any atom is -0.493 e. The molecule has 0 atom stereocenters. The van der Waals surface area contributed by atoms with Crippen molar-refractivity contribution in [3.63, 3.8) is 0 Å². The number of ether oxygens (including phenoxy) is 1. The van der Waals surface area contributed by atoms with Crippen LogP contribution in [0, 0.1) is 0 Å². The topological polar surface area (TPSA) is 54.0 Å². The maximum absolute atomic E-state index is 12.7. The van der Waals surface area contributed by atoms with Gasteiger partial charge in [-0.05, 0) is 18.6 Å². The molecule has 6 heteroatoms. The highest BCUT2D eigenvalue weighted by Gasteiger charge is 2.36. The highest BCUT2D eigenvalue weighted by atomic mass is 28.4. The summed E-state index contributed by atoms with van der Waals surface area (Å²) >= 11 is 0. The summed E-state index contributed by atoms with van der Waals surface area (Å²) in [6.07, 6.45) is 0.704. The van der Waals surface area contributed by atoms with E-state index in [2.05, 4.69) is 0 Å². The summed E-state index contributed by atoms with van der Waals surface area (Å²) in [6, 6.07) is 17.1. The Morgan fingerprint density at radius 1 is 0.880 bits per heavy atom. The molecule has 2 aromatic rings. The lowest BCUT2D eigenvalue weighted by atomic mass is 10.0. The van der Waals surface area contributed by atoms with Crippen LogP contribution >= 0.6 is 0 Å². The zero-order valence-electron chi connectivity index (χ0n) is 14.9. The zero-order valence-corrected chi connectivity index (χ0v) is 15.9. The van der Waals surface area contributed by atoms with Crippen LogP contribution in [0.1, 0.15) is 22.3 Å². The van der Waals surface area contributed by atoms with E-state index in [0.29, 0.717) is 35.9 Å². The fourth-order valence-corrected chi connectivity index (χ4v) is 4.24. The Bertz CT molecular complexity index is 662. The summed E-state index contributed by atoms with van der Waals surface area (Å²) in [5, 5.41) is 0. The van der Waals surface area contributed by atoms with Crippen LogP contribution in [-0.4, -0.2) is 42.5 Å². The van der Waals surface area contributed by atoms with Gasteiger partial charge in [0.25, 0.3) is 0 Å². The summed E-state index contributed by atoms with van der Waals surface area (Å²) in [7, 11) is 2.18. The standard InChI is InChI=1S/C19H24O5Si/c1-21-25(22-2,23-3)15-9-14-24-18-13-8-7-12-17(18)19(20)16-10-5-4-6-11-16/h4-8,10-13H,9,14-15H2,1-3H3. The second kappa shape index (κ2) is 9.48. The molecule has 0 radical (unpaired) electrons. The third kappa shape index (κ3) is 4.99. The summed E-state index contributed by atoms with van der Waals surface area (Å²) in [4.78, 5) is 12.7. The molecule has 0 unspecified atom stereocenters. The number of hydrogen-bond acceptors (Lipinski definition) is 5. The van der Waals surface area contributed by atoms with Crippen LogP contribution in [0.5, 0.6) is 5.75 Å². The molecule has 0 aliphatic rings. The molecule has 0 amide bonds. The van der Waals surface area contributed by atoms with Gasteiger partial charge in [-0.3, -0.25) is 4.79 Å². The molecular weight excluding hydrogens is 336 g/mol. The highest BCUT2D eigenvalue weighted by Crippen LogP contribution is 2.22. The SMILES string of the molecule is CO[Si](CCCOc1ccccc1C(=O)c1ccccc1)(OC)OC. The first kappa shape index (κ1) is 19.3. The average Bonchev–Trinajstić information content (AvgIpc) is 2.69. The van der Waals surface area contributed by atoms with Crippen LogP contribution in [0.4, 0.5) is 0 Å². The lowest BCUT2D eigenvalue weighted by Crippen LogP contribution is -2.42. The molecule has 2 aromatic carbocycles. The van der Waals surface area contributed by atoms with Gasteiger partial charge < -0.3 is 18.0 Å². The lowest BCUT2D eigenvalue weighted by Gasteiger charge is -2.24. The van der Waals surface area contributed by atoms with Gasteiger partial charge in [0.15, 0.2) is 5.78 Å². The van der Waals surface area contributed by atoms with Crippen molar-refractivity contribution in [1.82, 2.24) is 0 Å². The molecule has 0 spiro atoms. The third-order valence-corrected chi connectivity index (χ3v) is 6.82. The van der Waals surface area contributed by atoms with Crippen molar-refractivity contribution in [3.05, 3.63) is 65.7 Å². The Morgan fingerprint density at radius 2 is 1.48 bits per heavy atom. The van der Waals surface area contributed by atoms with E-state index in [-0.39, 0.29) is 5.78 Å². The smallest absolute Gasteiger partial charge is 0.493 e. The van der Waals surface area contributed by atoms with E-state index in [1.54, 1.807) is 39.5 Å². The van der Waals surface area contributed by atoms with Gasteiger partial charge in [-0.1, -0.05) is 42.5 Å². The van der Waals surface area contributed by atoms with Crippen molar-refractivity contribution in [2.75, 3.05) is 27.9 Å². The molecule has 0 saturated heterocycles. The van der Waals surface area contributed by atoms with E-state index >= 15 is 0 Å². The Hall–Kier alpha value is -1.99. The second-order valence-corrected chi connectivity index (χ2v) is 8.53. The van der Waals surface area contributed by atoms with Gasteiger partial charge in [-0.2, -0.15) is 0 Å². The second-order valence-electron chi connectivity index (χ2n) is 5.44. The molecule has 134 valence electrons. The largest absolute Gasteiger partial charge is 0.500 e. The predicted molar refractivity (Wildman–Crippen MR) is 98.0 cm³/mol. The number of carbonyl (C=O) groups is 1. The average molecular weight is 360 g/mol. The molecule has 0 fully saturated rings. The van der Waals surface area contributed by atoms with Crippen LogP contribution in [0.2, 0.25) is 6.04 Å². The van der Waals surface area contributed by atoms with Crippen LogP contribution < -0.4 is 4.74 Å². The van der Waals surface area contributed by atoms with Crippen LogP contribution in [0.15, 0.2) is 54.6 Å². The Balaban J connectivity index is 2.01. The first-order chi connectivity index (χ1) is 12.2. The molecule has 0 saturated carbocycles. The molecule has 0 aromatic heterocycles. The molecule has 2 rings (SSSR count). The Kier molecular flexibility index (Phi) is 7.33. The van der Waals surface area contributed by atoms with Crippen LogP contribution in [-0.2, 0) is 13.3 Å². The van der Waals surface area contributed by atoms with Crippen molar-refractivity contribution in [1.29, 1.82) is 0 Å². The van der Waals surface area contributed by atoms with E-state index in [1.165, 1.54) is 0 Å². The van der Waals surface area contributed by atoms with Gasteiger partial charge in [0.1, 0.15) is 5.75 Å². The third-order valence-electron chi connectivity index (χ3n) is 3.99. The van der Waals surface area contributed by atoms with Crippen molar-refractivity contribution in [2.45, 2.75) is 12.5 Å². The zero-order chi connectivity index (χ0) is 18.1. The van der Waals surface area contributed by atoms with Crippen molar-refractivity contribution >= 4 is 14.6 Å². The minimum atomic E-state index is -2.59. The number of rotatable bonds is 10. The number of hydrogen-bond donors (Lipinski definition) is 0. The summed E-state index contributed by atoms with van der Waals surface area (Å²) in [5.74, 6) is 0.529. The van der Waals surface area contributed by atoms with Crippen molar-refractivity contribution < 1.29 is 22.8 Å². The lowest BCUT2D eigenvalue weighted by molar-refractivity contribution is 0.103. The molecule has 0 N–H and O–H groups in total. The maximum Gasteiger partial charge on any atom is 0.500 e. The van der Waals surface area contributed by atoms with E-state index in [1.807, 2.05) is 36.4 Å². The van der Waals surface area contributed by atoms with E-state index in [9.17, 15) is 4.79 Å². The fraction of sp³-hybridized carbons (Fsp3) is 0.316. The first-order valence-corrected chi connectivity index (χ1v) is 10.1. The van der Waals surface area contributed by atoms with Crippen LogP contribution in [0.3, 0.4) is 0 Å². The van der Waals surface area contributed by atoms with Gasteiger partial charge in [0.2, 0.25) is 0 Å². The highest BCUT2D eigenvalue weighted by molar-refractivity contribution is 6.60. The molecule has 5 nitrogen and oxygen atoms in total. The normalized spacial score (nSPS) is 11.3. The van der Waals surface area contributed by atoms with Crippen molar-refractivity contribution in [3.8, 4) is 5.75 Å². The summed E-state index contributed by atoms with van der Waals surface area (Å²) in [6.45, 7) is 0.448. The van der Waals surface area contributed by atoms with Gasteiger partial charge in [-0.15, -0.1) is 0 Å². The monoisotopic (exact) mass is 360 g/mol. The predicted octanol–water partition coefficient (Wildman–Crippen LogP) is 3.56. The van der Waals surface area contributed by atoms with Gasteiger partial charge in [0, 0.05) is 32.9 Å². The first-order valence-electron chi connectivity index (χ1n) is 8.13. The molecule has 25 heavy (non-hydrogen) atoms. The minimum absolute atomic E-state index is 0.0504. The fourth-order valence-electron chi connectivity index (χ4n) is 2.55. The number of ketones is 1. The molecule has 0 heterocycles. The quantitative estimate of drug-likeness (QED) is 0.368. The number of carbonyl (C=O) groups excluding carboxylic acids is 1. The Morgan fingerprint density at radius 3 is 2.12 bits per heavy atom. The number of para-hydroxylation sites is 1. The molecular formula is C19H24O5Si. The number of benzene rings is 2. The Labute approximate surface area is 149 Å². The van der Waals surface area contributed by atoms with Crippen molar-refractivity contribution in [2.24, 2.45) is 0 Å². The maximum atomic E-state index is 12.7. The van der Waals surface area contributed by atoms with Gasteiger partial charge >= 0.3 is 8.80 Å².